The third kappa shape index (κ3) is 2.32. The number of rotatable bonds is 3. The van der Waals surface area contributed by atoms with E-state index in [-0.39, 0.29) is 18.3 Å². The molecule has 3 saturated carbocycles. The van der Waals surface area contributed by atoms with Gasteiger partial charge >= 0.3 is 0 Å². The Hall–Kier alpha value is -0.280. The zero-order valence-corrected chi connectivity index (χ0v) is 11.3. The third-order valence-electron chi connectivity index (χ3n) is 5.03. The van der Waals surface area contributed by atoms with Crippen LogP contribution in [0.15, 0.2) is 0 Å². The Morgan fingerprint density at radius 2 is 2.06 bits per heavy atom. The Balaban J connectivity index is 0.00000108. The van der Waals surface area contributed by atoms with E-state index in [1.54, 1.807) is 0 Å². The van der Waals surface area contributed by atoms with Gasteiger partial charge in [-0.2, -0.15) is 0 Å². The Labute approximate surface area is 109 Å². The number of nitrogens with two attached hydrogens (primary N) is 1. The highest BCUT2D eigenvalue weighted by Crippen LogP contribution is 2.49. The molecule has 0 aromatic heterocycles. The largest absolute Gasteiger partial charge is 0.352 e. The first-order chi connectivity index (χ1) is 7.58. The van der Waals surface area contributed by atoms with E-state index in [2.05, 4.69) is 12.2 Å². The summed E-state index contributed by atoms with van der Waals surface area (Å²) in [6.07, 6.45) is 7.25. The Kier molecular flexibility index (Phi) is 3.43. The van der Waals surface area contributed by atoms with Gasteiger partial charge in [-0.05, 0) is 56.8 Å². The predicted molar refractivity (Wildman–Crippen MR) is 69.9 cm³/mol. The highest BCUT2D eigenvalue weighted by atomic mass is 35.5. The summed E-state index contributed by atoms with van der Waals surface area (Å²) < 4.78 is 0. The van der Waals surface area contributed by atoms with Crippen LogP contribution in [-0.2, 0) is 4.79 Å². The highest BCUT2D eigenvalue weighted by Gasteiger charge is 2.48. The van der Waals surface area contributed by atoms with Crippen molar-refractivity contribution in [2.24, 2.45) is 23.5 Å². The average Bonchev–Trinajstić information content (AvgIpc) is 2.75. The Bertz CT molecular complexity index is 317. The summed E-state index contributed by atoms with van der Waals surface area (Å²) in [5.41, 5.74) is 5.39. The van der Waals surface area contributed by atoms with Crippen LogP contribution in [0, 0.1) is 17.8 Å². The fraction of sp³-hybridized carbons (Fsp3) is 0.923. The van der Waals surface area contributed by atoms with Gasteiger partial charge in [-0.1, -0.05) is 6.42 Å². The fourth-order valence-corrected chi connectivity index (χ4v) is 3.73. The molecule has 3 rings (SSSR count). The van der Waals surface area contributed by atoms with Crippen molar-refractivity contribution in [3.8, 4) is 0 Å². The summed E-state index contributed by atoms with van der Waals surface area (Å²) in [6, 6.07) is 0.323. The maximum atomic E-state index is 11.9. The van der Waals surface area contributed by atoms with Crippen LogP contribution in [0.1, 0.15) is 45.4 Å². The quantitative estimate of drug-likeness (QED) is 0.812. The minimum absolute atomic E-state index is 0. The number of nitrogens with one attached hydrogen (secondary N) is 1. The van der Waals surface area contributed by atoms with Crippen LogP contribution >= 0.6 is 12.4 Å². The van der Waals surface area contributed by atoms with Gasteiger partial charge < -0.3 is 11.1 Å². The number of amides is 1. The van der Waals surface area contributed by atoms with Gasteiger partial charge in [0.1, 0.15) is 0 Å². The molecular formula is C13H23ClN2O. The van der Waals surface area contributed by atoms with Crippen molar-refractivity contribution in [3.05, 3.63) is 0 Å². The van der Waals surface area contributed by atoms with Crippen LogP contribution in [0.25, 0.3) is 0 Å². The molecule has 0 radical (unpaired) electrons. The van der Waals surface area contributed by atoms with E-state index >= 15 is 0 Å². The molecule has 0 spiro atoms. The molecule has 0 heterocycles. The standard InChI is InChI=1S/C13H22N2O.ClH/c1-8(15-12(16)13(14)4-5-13)11-7-9-2-3-10(11)6-9;/h8-11H,2-7,14H2,1H3,(H,15,16);1H. The molecule has 3 nitrogen and oxygen atoms in total. The van der Waals surface area contributed by atoms with Crippen LogP contribution in [0.3, 0.4) is 0 Å². The van der Waals surface area contributed by atoms with Crippen molar-refractivity contribution in [2.45, 2.75) is 57.0 Å². The minimum Gasteiger partial charge on any atom is -0.352 e. The van der Waals surface area contributed by atoms with Crippen LogP contribution in [-0.4, -0.2) is 17.5 Å². The Morgan fingerprint density at radius 3 is 2.53 bits per heavy atom. The second-order valence-corrected chi connectivity index (χ2v) is 6.26. The number of carbonyl (C=O) groups excluding carboxylic acids is 1. The van der Waals surface area contributed by atoms with Crippen LogP contribution in [0.4, 0.5) is 0 Å². The topological polar surface area (TPSA) is 55.1 Å². The van der Waals surface area contributed by atoms with Crippen molar-refractivity contribution in [3.63, 3.8) is 0 Å². The number of fused-ring (bicyclic) bond motifs is 2. The van der Waals surface area contributed by atoms with Crippen molar-refractivity contribution < 1.29 is 4.79 Å². The summed E-state index contributed by atoms with van der Waals surface area (Å²) in [6.45, 7) is 2.16. The van der Waals surface area contributed by atoms with Crippen molar-refractivity contribution in [2.75, 3.05) is 0 Å². The zero-order valence-electron chi connectivity index (χ0n) is 10.4. The second-order valence-electron chi connectivity index (χ2n) is 6.26. The molecule has 0 saturated heterocycles. The molecule has 0 aliphatic heterocycles. The first kappa shape index (κ1) is 13.2. The molecule has 2 bridgehead atoms. The fourth-order valence-electron chi connectivity index (χ4n) is 3.73. The minimum atomic E-state index is -0.508. The van der Waals surface area contributed by atoms with E-state index in [1.165, 1.54) is 25.7 Å². The smallest absolute Gasteiger partial charge is 0.240 e. The third-order valence-corrected chi connectivity index (χ3v) is 5.03. The molecule has 3 N–H and O–H groups in total. The van der Waals surface area contributed by atoms with Gasteiger partial charge in [-0.15, -0.1) is 12.4 Å². The lowest BCUT2D eigenvalue weighted by Crippen LogP contribution is -2.49. The number of hydrogen-bond donors (Lipinski definition) is 2. The van der Waals surface area contributed by atoms with E-state index in [1.807, 2.05) is 0 Å². The Morgan fingerprint density at radius 1 is 1.35 bits per heavy atom. The van der Waals surface area contributed by atoms with Gasteiger partial charge in [-0.3, -0.25) is 4.79 Å². The van der Waals surface area contributed by atoms with Gasteiger partial charge in [0.15, 0.2) is 0 Å². The SMILES string of the molecule is CC(NC(=O)C1(N)CC1)C1CC2CCC1C2.Cl. The summed E-state index contributed by atoms with van der Waals surface area (Å²) >= 11 is 0. The van der Waals surface area contributed by atoms with Gasteiger partial charge in [0.05, 0.1) is 5.54 Å². The van der Waals surface area contributed by atoms with Crippen LogP contribution in [0.5, 0.6) is 0 Å². The predicted octanol–water partition coefficient (Wildman–Crippen LogP) is 1.84. The molecule has 0 aromatic carbocycles. The molecule has 17 heavy (non-hydrogen) atoms. The van der Waals surface area contributed by atoms with Gasteiger partial charge in [0, 0.05) is 6.04 Å². The molecule has 3 fully saturated rings. The molecule has 3 aliphatic rings. The van der Waals surface area contributed by atoms with Crippen LogP contribution in [0.2, 0.25) is 0 Å². The first-order valence-corrected chi connectivity index (χ1v) is 6.68. The van der Waals surface area contributed by atoms with Gasteiger partial charge in [0.2, 0.25) is 5.91 Å². The van der Waals surface area contributed by atoms with E-state index in [9.17, 15) is 4.79 Å². The lowest BCUT2D eigenvalue weighted by Gasteiger charge is -2.29. The summed E-state index contributed by atoms with van der Waals surface area (Å²) in [5, 5.41) is 3.15. The van der Waals surface area contributed by atoms with E-state index < -0.39 is 5.54 Å². The normalized spacial score (nSPS) is 38.4. The average molecular weight is 259 g/mol. The molecule has 3 aliphatic carbocycles. The number of hydrogen-bond acceptors (Lipinski definition) is 2. The molecular weight excluding hydrogens is 236 g/mol. The first-order valence-electron chi connectivity index (χ1n) is 6.68. The van der Waals surface area contributed by atoms with Crippen molar-refractivity contribution in [1.82, 2.24) is 5.32 Å². The lowest BCUT2D eigenvalue weighted by molar-refractivity contribution is -0.124. The molecule has 98 valence electrons. The van der Waals surface area contributed by atoms with Crippen LogP contribution < -0.4 is 11.1 Å². The number of carbonyl (C=O) groups is 1. The van der Waals surface area contributed by atoms with Crippen molar-refractivity contribution >= 4 is 18.3 Å². The van der Waals surface area contributed by atoms with E-state index in [4.69, 9.17) is 5.73 Å². The molecule has 4 atom stereocenters. The molecule has 1 amide bonds. The summed E-state index contributed by atoms with van der Waals surface area (Å²) in [5.74, 6) is 2.61. The van der Waals surface area contributed by atoms with E-state index in [0.717, 1.165) is 24.7 Å². The number of halogens is 1. The molecule has 0 aromatic rings. The van der Waals surface area contributed by atoms with Gasteiger partial charge in [-0.25, -0.2) is 0 Å². The van der Waals surface area contributed by atoms with Crippen molar-refractivity contribution in [1.29, 1.82) is 0 Å². The monoisotopic (exact) mass is 258 g/mol. The second kappa shape index (κ2) is 4.43. The zero-order chi connectivity index (χ0) is 11.3. The molecule has 4 unspecified atom stereocenters. The highest BCUT2D eigenvalue weighted by molar-refractivity contribution is 5.89. The van der Waals surface area contributed by atoms with E-state index in [0.29, 0.717) is 12.0 Å². The maximum Gasteiger partial charge on any atom is 0.240 e. The lowest BCUT2D eigenvalue weighted by atomic mass is 9.84. The maximum absolute atomic E-state index is 11.9. The van der Waals surface area contributed by atoms with Gasteiger partial charge in [0.25, 0.3) is 0 Å². The summed E-state index contributed by atoms with van der Waals surface area (Å²) in [7, 11) is 0. The molecule has 4 heteroatoms. The summed E-state index contributed by atoms with van der Waals surface area (Å²) in [4.78, 5) is 11.9.